The van der Waals surface area contributed by atoms with E-state index in [9.17, 15) is 4.79 Å². The summed E-state index contributed by atoms with van der Waals surface area (Å²) < 4.78 is 11.3. The first-order valence-electron chi connectivity index (χ1n) is 5.84. The van der Waals surface area contributed by atoms with Gasteiger partial charge in [0.2, 0.25) is 0 Å². The zero-order chi connectivity index (χ0) is 13.7. The summed E-state index contributed by atoms with van der Waals surface area (Å²) in [7, 11) is 2.96. The molecule has 100 valence electrons. The Morgan fingerprint density at radius 1 is 1.26 bits per heavy atom. The SMILES string of the molecule is COC(=O)c1cn(CCc2ccc(OC)cc2)nn1. The molecule has 0 aliphatic carbocycles. The van der Waals surface area contributed by atoms with Crippen molar-refractivity contribution in [1.29, 1.82) is 0 Å². The van der Waals surface area contributed by atoms with Crippen molar-refractivity contribution in [3.8, 4) is 5.75 Å². The zero-order valence-electron chi connectivity index (χ0n) is 10.9. The van der Waals surface area contributed by atoms with Crippen LogP contribution in [0.2, 0.25) is 0 Å². The molecule has 0 radical (unpaired) electrons. The Morgan fingerprint density at radius 2 is 2.00 bits per heavy atom. The Bertz CT molecular complexity index is 549. The summed E-state index contributed by atoms with van der Waals surface area (Å²) in [5, 5.41) is 7.62. The molecule has 0 aliphatic rings. The molecule has 0 N–H and O–H groups in total. The molecule has 0 aliphatic heterocycles. The van der Waals surface area contributed by atoms with Crippen LogP contribution in [0.3, 0.4) is 0 Å². The number of rotatable bonds is 5. The highest BCUT2D eigenvalue weighted by atomic mass is 16.5. The maximum atomic E-state index is 11.2. The van der Waals surface area contributed by atoms with Gasteiger partial charge in [-0.1, -0.05) is 17.3 Å². The van der Waals surface area contributed by atoms with Crippen LogP contribution in [-0.2, 0) is 17.7 Å². The highest BCUT2D eigenvalue weighted by Crippen LogP contribution is 2.12. The van der Waals surface area contributed by atoms with Gasteiger partial charge in [-0.15, -0.1) is 5.10 Å². The number of methoxy groups -OCH3 is 2. The molecule has 1 aromatic heterocycles. The van der Waals surface area contributed by atoms with E-state index >= 15 is 0 Å². The van der Waals surface area contributed by atoms with E-state index in [1.165, 1.54) is 7.11 Å². The number of ether oxygens (including phenoxy) is 2. The predicted molar refractivity (Wildman–Crippen MR) is 68.1 cm³/mol. The number of esters is 1. The molecule has 1 heterocycles. The summed E-state index contributed by atoms with van der Waals surface area (Å²) in [6.07, 6.45) is 2.38. The molecule has 2 rings (SSSR count). The normalized spacial score (nSPS) is 10.2. The van der Waals surface area contributed by atoms with Crippen LogP contribution < -0.4 is 4.74 Å². The minimum atomic E-state index is -0.476. The van der Waals surface area contributed by atoms with Gasteiger partial charge in [0.25, 0.3) is 0 Å². The lowest BCUT2D eigenvalue weighted by molar-refractivity contribution is 0.0594. The highest BCUT2D eigenvalue weighted by Gasteiger charge is 2.10. The van der Waals surface area contributed by atoms with Crippen LogP contribution in [0, 0.1) is 0 Å². The minimum Gasteiger partial charge on any atom is -0.497 e. The van der Waals surface area contributed by atoms with Crippen LogP contribution in [-0.4, -0.2) is 35.2 Å². The second kappa shape index (κ2) is 5.99. The Kier molecular flexibility index (Phi) is 4.12. The predicted octanol–water partition coefficient (Wildman–Crippen LogP) is 1.32. The summed E-state index contributed by atoms with van der Waals surface area (Å²) in [4.78, 5) is 11.2. The third-order valence-electron chi connectivity index (χ3n) is 2.72. The molecule has 0 saturated heterocycles. The topological polar surface area (TPSA) is 66.2 Å². The summed E-state index contributed by atoms with van der Waals surface area (Å²) in [6, 6.07) is 7.82. The summed E-state index contributed by atoms with van der Waals surface area (Å²) >= 11 is 0. The maximum absolute atomic E-state index is 11.2. The lowest BCUT2D eigenvalue weighted by Gasteiger charge is -2.03. The van der Waals surface area contributed by atoms with Crippen molar-refractivity contribution in [1.82, 2.24) is 15.0 Å². The number of hydrogen-bond acceptors (Lipinski definition) is 5. The van der Waals surface area contributed by atoms with Gasteiger partial charge in [0.1, 0.15) is 5.75 Å². The van der Waals surface area contributed by atoms with Gasteiger partial charge in [-0.3, -0.25) is 4.68 Å². The van der Waals surface area contributed by atoms with Crippen LogP contribution in [0.25, 0.3) is 0 Å². The highest BCUT2D eigenvalue weighted by molar-refractivity contribution is 5.86. The van der Waals surface area contributed by atoms with Crippen molar-refractivity contribution in [3.05, 3.63) is 41.7 Å². The van der Waals surface area contributed by atoms with E-state index < -0.39 is 5.97 Å². The Morgan fingerprint density at radius 3 is 2.63 bits per heavy atom. The van der Waals surface area contributed by atoms with Crippen molar-refractivity contribution in [3.63, 3.8) is 0 Å². The van der Waals surface area contributed by atoms with E-state index in [4.69, 9.17) is 4.74 Å². The number of carbonyl (C=O) groups is 1. The fourth-order valence-electron chi connectivity index (χ4n) is 1.64. The number of aryl methyl sites for hydroxylation is 2. The van der Waals surface area contributed by atoms with Gasteiger partial charge in [-0.05, 0) is 24.1 Å². The largest absolute Gasteiger partial charge is 0.497 e. The van der Waals surface area contributed by atoms with Crippen molar-refractivity contribution in [2.75, 3.05) is 14.2 Å². The first-order chi connectivity index (χ1) is 9.22. The average Bonchev–Trinajstić information content (AvgIpc) is 2.93. The molecule has 0 spiro atoms. The zero-order valence-corrected chi connectivity index (χ0v) is 10.9. The minimum absolute atomic E-state index is 0.220. The van der Waals surface area contributed by atoms with E-state index in [-0.39, 0.29) is 5.69 Å². The number of aromatic nitrogens is 3. The Hall–Kier alpha value is -2.37. The van der Waals surface area contributed by atoms with Gasteiger partial charge >= 0.3 is 5.97 Å². The molecule has 0 saturated carbocycles. The number of nitrogens with zero attached hydrogens (tertiary/aromatic N) is 3. The lowest BCUT2D eigenvalue weighted by Crippen LogP contribution is -2.03. The third kappa shape index (κ3) is 3.31. The monoisotopic (exact) mass is 261 g/mol. The molecule has 0 fully saturated rings. The molecule has 2 aromatic rings. The van der Waals surface area contributed by atoms with E-state index in [1.54, 1.807) is 18.0 Å². The second-order valence-electron chi connectivity index (χ2n) is 3.96. The molecule has 0 bridgehead atoms. The van der Waals surface area contributed by atoms with Gasteiger partial charge in [0.05, 0.1) is 20.4 Å². The Balaban J connectivity index is 1.94. The fraction of sp³-hybridized carbons (Fsp3) is 0.308. The third-order valence-corrected chi connectivity index (χ3v) is 2.72. The fourth-order valence-corrected chi connectivity index (χ4v) is 1.64. The summed E-state index contributed by atoms with van der Waals surface area (Å²) in [6.45, 7) is 0.649. The molecule has 1 aromatic carbocycles. The molecule has 0 atom stereocenters. The van der Waals surface area contributed by atoms with Gasteiger partial charge in [-0.25, -0.2) is 4.79 Å². The molecule has 6 nitrogen and oxygen atoms in total. The van der Waals surface area contributed by atoms with Crippen molar-refractivity contribution in [2.45, 2.75) is 13.0 Å². The molecule has 6 heteroatoms. The molecule has 19 heavy (non-hydrogen) atoms. The van der Waals surface area contributed by atoms with Crippen molar-refractivity contribution < 1.29 is 14.3 Å². The number of hydrogen-bond donors (Lipinski definition) is 0. The van der Waals surface area contributed by atoms with Crippen LogP contribution in [0.1, 0.15) is 16.1 Å². The van der Waals surface area contributed by atoms with E-state index in [0.29, 0.717) is 6.54 Å². The molecule has 0 amide bonds. The van der Waals surface area contributed by atoms with Crippen LogP contribution in [0.15, 0.2) is 30.5 Å². The van der Waals surface area contributed by atoms with Gasteiger partial charge in [-0.2, -0.15) is 0 Å². The van der Waals surface area contributed by atoms with Gasteiger partial charge in [0.15, 0.2) is 5.69 Å². The van der Waals surface area contributed by atoms with E-state index in [2.05, 4.69) is 15.0 Å². The van der Waals surface area contributed by atoms with E-state index in [1.807, 2.05) is 24.3 Å². The number of benzene rings is 1. The summed E-state index contributed by atoms with van der Waals surface area (Å²) in [5.41, 5.74) is 1.38. The van der Waals surface area contributed by atoms with Crippen LogP contribution >= 0.6 is 0 Å². The van der Waals surface area contributed by atoms with Crippen molar-refractivity contribution in [2.24, 2.45) is 0 Å². The molecular weight excluding hydrogens is 246 g/mol. The standard InChI is InChI=1S/C13H15N3O3/c1-18-11-5-3-10(4-6-11)7-8-16-9-12(14-15-16)13(17)19-2/h3-6,9H,7-8H2,1-2H3. The van der Waals surface area contributed by atoms with Crippen LogP contribution in [0.5, 0.6) is 5.75 Å². The van der Waals surface area contributed by atoms with Gasteiger partial charge in [0, 0.05) is 6.54 Å². The number of carbonyl (C=O) groups excluding carboxylic acids is 1. The quantitative estimate of drug-likeness (QED) is 0.759. The Labute approximate surface area is 110 Å². The van der Waals surface area contributed by atoms with E-state index in [0.717, 1.165) is 17.7 Å². The van der Waals surface area contributed by atoms with Gasteiger partial charge < -0.3 is 9.47 Å². The average molecular weight is 261 g/mol. The van der Waals surface area contributed by atoms with Crippen molar-refractivity contribution >= 4 is 5.97 Å². The summed E-state index contributed by atoms with van der Waals surface area (Å²) in [5.74, 6) is 0.355. The lowest BCUT2D eigenvalue weighted by atomic mass is 10.1. The molecular formula is C13H15N3O3. The van der Waals surface area contributed by atoms with Crippen LogP contribution in [0.4, 0.5) is 0 Å². The second-order valence-corrected chi connectivity index (χ2v) is 3.96. The molecule has 0 unspecified atom stereocenters. The first kappa shape index (κ1) is 13.1. The maximum Gasteiger partial charge on any atom is 0.360 e. The first-order valence-corrected chi connectivity index (χ1v) is 5.84. The smallest absolute Gasteiger partial charge is 0.360 e.